The molecular formula is C8H15BO. The standard InChI is InChI=1S/C8H15BO/c1-6(5-7(9)10)8(2,3)4/h1,5,9H2,2-4H3. The maximum absolute atomic E-state index is 10.6. The molecule has 0 aliphatic heterocycles. The summed E-state index contributed by atoms with van der Waals surface area (Å²) in [4.78, 5) is 10.6. The number of carbonyl (C=O) groups is 1. The second-order valence-corrected chi connectivity index (χ2v) is 3.73. The van der Waals surface area contributed by atoms with Crippen molar-refractivity contribution in [3.8, 4) is 0 Å². The highest BCUT2D eigenvalue weighted by Crippen LogP contribution is 2.25. The van der Waals surface area contributed by atoms with Gasteiger partial charge in [0, 0.05) is 6.42 Å². The van der Waals surface area contributed by atoms with E-state index < -0.39 is 0 Å². The third kappa shape index (κ3) is 3.49. The van der Waals surface area contributed by atoms with Gasteiger partial charge < -0.3 is 4.79 Å². The van der Waals surface area contributed by atoms with Gasteiger partial charge in [0.1, 0.15) is 0 Å². The zero-order valence-corrected chi connectivity index (χ0v) is 7.32. The number of hydrogen-bond acceptors (Lipinski definition) is 1. The molecule has 0 aromatic carbocycles. The van der Waals surface area contributed by atoms with E-state index in [0.717, 1.165) is 5.57 Å². The largest absolute Gasteiger partial charge is 0.312 e. The van der Waals surface area contributed by atoms with E-state index in [1.165, 1.54) is 0 Å². The Balaban J connectivity index is 3.99. The van der Waals surface area contributed by atoms with Gasteiger partial charge in [-0.3, -0.25) is 0 Å². The fourth-order valence-electron chi connectivity index (χ4n) is 0.566. The lowest BCUT2D eigenvalue weighted by atomic mass is 9.81. The van der Waals surface area contributed by atoms with Crippen LogP contribution < -0.4 is 0 Å². The van der Waals surface area contributed by atoms with Crippen LogP contribution in [-0.4, -0.2) is 13.5 Å². The van der Waals surface area contributed by atoms with Gasteiger partial charge in [0.25, 0.3) is 0 Å². The smallest absolute Gasteiger partial charge is 0.187 e. The number of allylic oxidation sites excluding steroid dienone is 1. The third-order valence-corrected chi connectivity index (χ3v) is 1.52. The molecule has 0 saturated carbocycles. The molecule has 0 saturated heterocycles. The van der Waals surface area contributed by atoms with Crippen molar-refractivity contribution in [1.29, 1.82) is 0 Å². The normalized spacial score (nSPS) is 11.1. The average Bonchev–Trinajstić information content (AvgIpc) is 1.60. The molecule has 0 fully saturated rings. The summed E-state index contributed by atoms with van der Waals surface area (Å²) in [7, 11) is 1.59. The molecule has 0 bridgehead atoms. The molecule has 0 amide bonds. The molecule has 1 nitrogen and oxygen atoms in total. The Bertz CT molecular complexity index is 153. The van der Waals surface area contributed by atoms with Crippen LogP contribution in [0.4, 0.5) is 0 Å². The van der Waals surface area contributed by atoms with Crippen LogP contribution in [0.25, 0.3) is 0 Å². The molecule has 0 atom stereocenters. The van der Waals surface area contributed by atoms with Crippen LogP contribution >= 0.6 is 0 Å². The number of carbonyl (C=O) groups excluding carboxylic acids is 1. The van der Waals surface area contributed by atoms with E-state index in [1.54, 1.807) is 7.85 Å². The van der Waals surface area contributed by atoms with Crippen LogP contribution in [0.5, 0.6) is 0 Å². The minimum absolute atomic E-state index is 0.0751. The molecular weight excluding hydrogens is 123 g/mol. The Kier molecular flexibility index (Phi) is 2.88. The van der Waals surface area contributed by atoms with Crippen LogP contribution in [0.1, 0.15) is 27.2 Å². The summed E-state index contributed by atoms with van der Waals surface area (Å²) in [6.07, 6.45) is 0.517. The maximum Gasteiger partial charge on any atom is 0.187 e. The molecule has 56 valence electrons. The third-order valence-electron chi connectivity index (χ3n) is 1.52. The van der Waals surface area contributed by atoms with Gasteiger partial charge in [0.15, 0.2) is 7.85 Å². The molecule has 0 aliphatic rings. The van der Waals surface area contributed by atoms with Crippen LogP contribution in [0.2, 0.25) is 0 Å². The van der Waals surface area contributed by atoms with Gasteiger partial charge >= 0.3 is 0 Å². The summed E-state index contributed by atoms with van der Waals surface area (Å²) in [6, 6.07) is 0. The molecule has 0 N–H and O–H groups in total. The van der Waals surface area contributed by atoms with Gasteiger partial charge in [-0.2, -0.15) is 0 Å². The molecule has 0 unspecified atom stereocenters. The summed E-state index contributed by atoms with van der Waals surface area (Å²) < 4.78 is 0. The Morgan fingerprint density at radius 3 is 2.00 bits per heavy atom. The first-order chi connectivity index (χ1) is 4.34. The van der Waals surface area contributed by atoms with E-state index in [4.69, 9.17) is 0 Å². The first-order valence-electron chi connectivity index (χ1n) is 3.51. The quantitative estimate of drug-likeness (QED) is 0.413. The maximum atomic E-state index is 10.6. The zero-order chi connectivity index (χ0) is 8.36. The van der Waals surface area contributed by atoms with Crippen molar-refractivity contribution in [3.05, 3.63) is 12.2 Å². The Labute approximate surface area is 63.9 Å². The minimum Gasteiger partial charge on any atom is -0.312 e. The highest BCUT2D eigenvalue weighted by molar-refractivity contribution is 6.57. The highest BCUT2D eigenvalue weighted by atomic mass is 16.1. The first-order valence-corrected chi connectivity index (χ1v) is 3.51. The fourth-order valence-corrected chi connectivity index (χ4v) is 0.566. The van der Waals surface area contributed by atoms with Crippen molar-refractivity contribution in [3.63, 3.8) is 0 Å². The first kappa shape index (κ1) is 9.47. The van der Waals surface area contributed by atoms with Crippen molar-refractivity contribution < 1.29 is 4.79 Å². The fraction of sp³-hybridized carbons (Fsp3) is 0.625. The topological polar surface area (TPSA) is 17.1 Å². The summed E-state index contributed by atoms with van der Waals surface area (Å²) in [5.74, 6) is 0. The summed E-state index contributed by atoms with van der Waals surface area (Å²) >= 11 is 0. The SMILES string of the molecule is BC(=O)CC(=C)C(C)(C)C. The van der Waals surface area contributed by atoms with Crippen LogP contribution in [0.3, 0.4) is 0 Å². The van der Waals surface area contributed by atoms with Gasteiger partial charge in [-0.15, -0.1) is 0 Å². The van der Waals surface area contributed by atoms with Crippen LogP contribution in [0, 0.1) is 5.41 Å². The predicted octanol–water partition coefficient (Wildman–Crippen LogP) is 1.14. The molecule has 10 heavy (non-hydrogen) atoms. The molecule has 0 spiro atoms. The second kappa shape index (κ2) is 3.04. The Morgan fingerprint density at radius 1 is 1.50 bits per heavy atom. The molecule has 0 rings (SSSR count). The number of rotatable bonds is 2. The summed E-state index contributed by atoms with van der Waals surface area (Å²) in [5.41, 5.74) is 1.28. The van der Waals surface area contributed by atoms with Gasteiger partial charge in [0.2, 0.25) is 0 Å². The molecule has 0 aliphatic carbocycles. The van der Waals surface area contributed by atoms with E-state index in [1.807, 2.05) is 0 Å². The summed E-state index contributed by atoms with van der Waals surface area (Å²) in [5, 5.41) is 0. The van der Waals surface area contributed by atoms with Crippen molar-refractivity contribution in [2.45, 2.75) is 27.2 Å². The molecule has 0 heterocycles. The minimum atomic E-state index is 0.0751. The Morgan fingerprint density at radius 2 is 1.90 bits per heavy atom. The van der Waals surface area contributed by atoms with Crippen molar-refractivity contribution in [1.82, 2.24) is 0 Å². The monoisotopic (exact) mass is 138 g/mol. The van der Waals surface area contributed by atoms with Crippen molar-refractivity contribution in [2.75, 3.05) is 0 Å². The van der Waals surface area contributed by atoms with Crippen LogP contribution in [0.15, 0.2) is 12.2 Å². The lowest BCUT2D eigenvalue weighted by Crippen LogP contribution is -2.12. The lowest BCUT2D eigenvalue weighted by molar-refractivity contribution is -0.111. The van der Waals surface area contributed by atoms with Gasteiger partial charge in [0.05, 0.1) is 5.68 Å². The average molecular weight is 138 g/mol. The van der Waals surface area contributed by atoms with Crippen LogP contribution in [-0.2, 0) is 4.79 Å². The summed E-state index contributed by atoms with van der Waals surface area (Å²) in [6.45, 7) is 10.0. The van der Waals surface area contributed by atoms with E-state index in [2.05, 4.69) is 27.4 Å². The van der Waals surface area contributed by atoms with E-state index in [-0.39, 0.29) is 11.1 Å². The molecule has 0 aromatic rings. The van der Waals surface area contributed by atoms with Crippen molar-refractivity contribution in [2.24, 2.45) is 5.41 Å². The van der Waals surface area contributed by atoms with Crippen molar-refractivity contribution >= 4 is 13.5 Å². The highest BCUT2D eigenvalue weighted by Gasteiger charge is 2.15. The van der Waals surface area contributed by atoms with E-state index in [9.17, 15) is 4.79 Å². The molecule has 0 aromatic heterocycles. The van der Waals surface area contributed by atoms with E-state index >= 15 is 0 Å². The lowest BCUT2D eigenvalue weighted by Gasteiger charge is -2.20. The molecule has 0 radical (unpaired) electrons. The van der Waals surface area contributed by atoms with Gasteiger partial charge in [-0.1, -0.05) is 32.9 Å². The van der Waals surface area contributed by atoms with Gasteiger partial charge in [-0.25, -0.2) is 0 Å². The second-order valence-electron chi connectivity index (χ2n) is 3.73. The molecule has 2 heteroatoms. The number of hydrogen-bond donors (Lipinski definition) is 0. The predicted molar refractivity (Wildman–Crippen MR) is 46.8 cm³/mol. The zero-order valence-electron chi connectivity index (χ0n) is 7.32. The van der Waals surface area contributed by atoms with Gasteiger partial charge in [-0.05, 0) is 5.41 Å². The van der Waals surface area contributed by atoms with E-state index in [0.29, 0.717) is 6.42 Å². The Hall–Kier alpha value is -0.525.